The molecule has 0 saturated heterocycles. The lowest BCUT2D eigenvalue weighted by Crippen LogP contribution is -2.49. The van der Waals surface area contributed by atoms with Gasteiger partial charge in [0.05, 0.1) is 5.60 Å². The van der Waals surface area contributed by atoms with Crippen LogP contribution in [0.15, 0.2) is 0 Å². The molecule has 20 heavy (non-hydrogen) atoms. The zero-order valence-corrected chi connectivity index (χ0v) is 12.8. The minimum absolute atomic E-state index is 0.0373. The zero-order chi connectivity index (χ0) is 14.4. The van der Waals surface area contributed by atoms with E-state index in [1.54, 1.807) is 0 Å². The highest BCUT2D eigenvalue weighted by Crippen LogP contribution is 2.32. The van der Waals surface area contributed by atoms with Gasteiger partial charge in [-0.25, -0.2) is 0 Å². The highest BCUT2D eigenvalue weighted by atomic mass is 16.5. The Kier molecular flexibility index (Phi) is 5.85. The third-order valence-electron chi connectivity index (χ3n) is 4.88. The largest absolute Gasteiger partial charge is 0.361 e. The molecule has 0 aromatic heterocycles. The molecule has 1 amide bonds. The van der Waals surface area contributed by atoms with Crippen LogP contribution in [0, 0.1) is 0 Å². The van der Waals surface area contributed by atoms with E-state index in [-0.39, 0.29) is 11.5 Å². The van der Waals surface area contributed by atoms with E-state index in [4.69, 9.17) is 10.5 Å². The number of nitrogens with two attached hydrogens (primary N) is 1. The second-order valence-electron chi connectivity index (χ2n) is 6.55. The van der Waals surface area contributed by atoms with Crippen LogP contribution in [0.4, 0.5) is 0 Å². The lowest BCUT2D eigenvalue weighted by molar-refractivity contribution is -0.149. The quantitative estimate of drug-likeness (QED) is 0.814. The van der Waals surface area contributed by atoms with Crippen molar-refractivity contribution in [2.75, 3.05) is 6.54 Å². The molecule has 3 N–H and O–H groups in total. The number of hydrogen-bond acceptors (Lipinski definition) is 3. The molecule has 2 fully saturated rings. The molecule has 1 atom stereocenters. The van der Waals surface area contributed by atoms with Gasteiger partial charge in [0.1, 0.15) is 6.10 Å². The van der Waals surface area contributed by atoms with Gasteiger partial charge < -0.3 is 15.8 Å². The summed E-state index contributed by atoms with van der Waals surface area (Å²) in [6, 6.07) is 0.350. The Morgan fingerprint density at radius 3 is 2.40 bits per heavy atom. The van der Waals surface area contributed by atoms with Crippen LogP contribution in [-0.2, 0) is 9.53 Å². The topological polar surface area (TPSA) is 64.3 Å². The lowest BCUT2D eigenvalue weighted by Gasteiger charge is -2.38. The first-order valence-electron chi connectivity index (χ1n) is 8.33. The molecule has 4 heteroatoms. The van der Waals surface area contributed by atoms with E-state index in [1.165, 1.54) is 25.7 Å². The monoisotopic (exact) mass is 282 g/mol. The number of hydrogen-bond donors (Lipinski definition) is 2. The maximum atomic E-state index is 12.3. The van der Waals surface area contributed by atoms with E-state index in [9.17, 15) is 4.79 Å². The summed E-state index contributed by atoms with van der Waals surface area (Å²) in [5.74, 6) is 0.0373. The fourth-order valence-corrected chi connectivity index (χ4v) is 3.56. The summed E-state index contributed by atoms with van der Waals surface area (Å²) in [6.07, 6.45) is 11.2. The van der Waals surface area contributed by atoms with E-state index < -0.39 is 6.10 Å². The molecule has 0 spiro atoms. The van der Waals surface area contributed by atoms with Gasteiger partial charge in [-0.1, -0.05) is 38.5 Å². The van der Waals surface area contributed by atoms with E-state index in [0.29, 0.717) is 12.6 Å². The highest BCUT2D eigenvalue weighted by Gasteiger charge is 2.35. The average molecular weight is 282 g/mol. The standard InChI is InChI=1S/C16H30N2O2/c1-13(15(19)18-14-8-4-2-5-9-14)20-16(12-17)10-6-3-7-11-16/h13-14H,2-12,17H2,1H3,(H,18,19). The van der Waals surface area contributed by atoms with Crippen LogP contribution in [0.2, 0.25) is 0 Å². The van der Waals surface area contributed by atoms with Crippen molar-refractivity contribution in [3.63, 3.8) is 0 Å². The van der Waals surface area contributed by atoms with Crippen molar-refractivity contribution in [1.82, 2.24) is 5.32 Å². The summed E-state index contributed by atoms with van der Waals surface area (Å²) in [6.45, 7) is 2.39. The fourth-order valence-electron chi connectivity index (χ4n) is 3.56. The SMILES string of the molecule is CC(OC1(CN)CCCCC1)C(=O)NC1CCCCC1. The first kappa shape index (κ1) is 15.8. The third kappa shape index (κ3) is 4.19. The van der Waals surface area contributed by atoms with Crippen LogP contribution >= 0.6 is 0 Å². The van der Waals surface area contributed by atoms with Crippen LogP contribution in [0.25, 0.3) is 0 Å². The molecule has 0 aliphatic heterocycles. The van der Waals surface area contributed by atoms with Crippen molar-refractivity contribution < 1.29 is 9.53 Å². The summed E-state index contributed by atoms with van der Waals surface area (Å²) >= 11 is 0. The molecule has 0 aromatic rings. The maximum absolute atomic E-state index is 12.3. The van der Waals surface area contributed by atoms with Crippen LogP contribution in [0.1, 0.15) is 71.1 Å². The summed E-state index contributed by atoms with van der Waals surface area (Å²) in [4.78, 5) is 12.3. The first-order valence-corrected chi connectivity index (χ1v) is 8.33. The smallest absolute Gasteiger partial charge is 0.249 e. The summed E-state index contributed by atoms with van der Waals surface area (Å²) in [5.41, 5.74) is 5.65. The van der Waals surface area contributed by atoms with Gasteiger partial charge in [0.25, 0.3) is 0 Å². The van der Waals surface area contributed by atoms with Gasteiger partial charge in [-0.05, 0) is 32.6 Å². The molecule has 116 valence electrons. The van der Waals surface area contributed by atoms with Crippen molar-refractivity contribution in [2.45, 2.75) is 88.9 Å². The van der Waals surface area contributed by atoms with Gasteiger partial charge in [-0.2, -0.15) is 0 Å². The fraction of sp³-hybridized carbons (Fsp3) is 0.938. The normalized spacial score (nSPS) is 25.1. The Hall–Kier alpha value is -0.610. The number of carbonyl (C=O) groups excluding carboxylic acids is 1. The van der Waals surface area contributed by atoms with Gasteiger partial charge >= 0.3 is 0 Å². The van der Waals surface area contributed by atoms with Gasteiger partial charge in [-0.3, -0.25) is 4.79 Å². The molecule has 0 heterocycles. The number of rotatable bonds is 5. The Morgan fingerprint density at radius 1 is 1.20 bits per heavy atom. The highest BCUT2D eigenvalue weighted by molar-refractivity contribution is 5.80. The molecular weight excluding hydrogens is 252 g/mol. The number of nitrogens with one attached hydrogen (secondary N) is 1. The predicted molar refractivity (Wildman–Crippen MR) is 80.4 cm³/mol. The molecular formula is C16H30N2O2. The Bertz CT molecular complexity index is 308. The van der Waals surface area contributed by atoms with Crippen LogP contribution in [0.3, 0.4) is 0 Å². The second kappa shape index (κ2) is 7.41. The number of carbonyl (C=O) groups is 1. The molecule has 2 aliphatic rings. The molecule has 0 bridgehead atoms. The second-order valence-corrected chi connectivity index (χ2v) is 6.55. The molecule has 2 aliphatic carbocycles. The Morgan fingerprint density at radius 2 is 1.80 bits per heavy atom. The molecule has 4 nitrogen and oxygen atoms in total. The van der Waals surface area contributed by atoms with E-state index in [2.05, 4.69) is 5.32 Å². The first-order chi connectivity index (χ1) is 9.65. The zero-order valence-electron chi connectivity index (χ0n) is 12.8. The summed E-state index contributed by atoms with van der Waals surface area (Å²) < 4.78 is 6.09. The van der Waals surface area contributed by atoms with Crippen LogP contribution < -0.4 is 11.1 Å². The number of amides is 1. The van der Waals surface area contributed by atoms with E-state index in [0.717, 1.165) is 38.5 Å². The molecule has 0 aromatic carbocycles. The minimum atomic E-state index is -0.390. The van der Waals surface area contributed by atoms with Crippen LogP contribution in [-0.4, -0.2) is 30.2 Å². The van der Waals surface area contributed by atoms with Crippen molar-refractivity contribution in [3.05, 3.63) is 0 Å². The van der Waals surface area contributed by atoms with Gasteiger partial charge in [0.2, 0.25) is 5.91 Å². The van der Waals surface area contributed by atoms with Crippen molar-refractivity contribution >= 4 is 5.91 Å². The summed E-state index contributed by atoms with van der Waals surface area (Å²) in [7, 11) is 0. The van der Waals surface area contributed by atoms with Gasteiger partial charge in [-0.15, -0.1) is 0 Å². The lowest BCUT2D eigenvalue weighted by atomic mass is 9.84. The molecule has 2 rings (SSSR count). The molecule has 0 radical (unpaired) electrons. The average Bonchev–Trinajstić information content (AvgIpc) is 2.49. The Labute approximate surface area is 122 Å². The van der Waals surface area contributed by atoms with E-state index >= 15 is 0 Å². The van der Waals surface area contributed by atoms with Crippen molar-refractivity contribution in [3.8, 4) is 0 Å². The molecule has 2 saturated carbocycles. The third-order valence-corrected chi connectivity index (χ3v) is 4.88. The Balaban J connectivity index is 1.82. The van der Waals surface area contributed by atoms with Crippen molar-refractivity contribution in [2.24, 2.45) is 5.73 Å². The van der Waals surface area contributed by atoms with Gasteiger partial charge in [0.15, 0.2) is 0 Å². The van der Waals surface area contributed by atoms with Crippen LogP contribution in [0.5, 0.6) is 0 Å². The van der Waals surface area contributed by atoms with Crippen molar-refractivity contribution in [1.29, 1.82) is 0 Å². The predicted octanol–water partition coefficient (Wildman–Crippen LogP) is 2.50. The van der Waals surface area contributed by atoms with Gasteiger partial charge in [0, 0.05) is 12.6 Å². The minimum Gasteiger partial charge on any atom is -0.361 e. The summed E-state index contributed by atoms with van der Waals surface area (Å²) in [5, 5.41) is 3.14. The van der Waals surface area contributed by atoms with E-state index in [1.807, 2.05) is 6.92 Å². The number of ether oxygens (including phenoxy) is 1. The maximum Gasteiger partial charge on any atom is 0.249 e. The molecule has 1 unspecified atom stereocenters.